The summed E-state index contributed by atoms with van der Waals surface area (Å²) in [6, 6.07) is 2.51. The molecule has 1 N–H and O–H groups in total. The van der Waals surface area contributed by atoms with Gasteiger partial charge in [0, 0.05) is 12.2 Å². The number of hydrogen-bond donors (Lipinski definition) is 1. The van der Waals surface area contributed by atoms with Gasteiger partial charge in [-0.3, -0.25) is 0 Å². The van der Waals surface area contributed by atoms with Gasteiger partial charge in [-0.2, -0.15) is 10.2 Å². The van der Waals surface area contributed by atoms with Gasteiger partial charge in [0.25, 0.3) is 0 Å². The van der Waals surface area contributed by atoms with E-state index in [-0.39, 0.29) is 0 Å². The van der Waals surface area contributed by atoms with Crippen molar-refractivity contribution in [3.8, 4) is 0 Å². The van der Waals surface area contributed by atoms with E-state index in [4.69, 9.17) is 0 Å². The molecule has 0 saturated heterocycles. The molecular weight excluding hydrogens is 186 g/mol. The average Bonchev–Trinajstić information content (AvgIpc) is 2.80. The average molecular weight is 205 g/mol. The lowest BCUT2D eigenvalue weighted by Gasteiger charge is -2.19. The molecule has 1 atom stereocenters. The highest BCUT2D eigenvalue weighted by Crippen LogP contribution is 2.32. The van der Waals surface area contributed by atoms with Crippen LogP contribution in [0.25, 0.3) is 0 Å². The van der Waals surface area contributed by atoms with Gasteiger partial charge in [-0.15, -0.1) is 0 Å². The van der Waals surface area contributed by atoms with Crippen molar-refractivity contribution >= 4 is 0 Å². The predicted octanol–water partition coefficient (Wildman–Crippen LogP) is 2.32. The summed E-state index contributed by atoms with van der Waals surface area (Å²) in [6.45, 7) is 0. The molecule has 0 aliphatic heterocycles. The summed E-state index contributed by atoms with van der Waals surface area (Å²) in [4.78, 5) is 0. The highest BCUT2D eigenvalue weighted by molar-refractivity contribution is 5.11. The fourth-order valence-electron chi connectivity index (χ4n) is 2.51. The van der Waals surface area contributed by atoms with Crippen molar-refractivity contribution in [2.24, 2.45) is 5.92 Å². The Hall–Kier alpha value is -0.960. The standard InChI is InChI=1S/C12H19N3/c1-13-12(8-10-4-2-3-5-10)11-6-7-14-15-9-11/h6-7,9-10,12-13H,2-5,8H2,1H3. The molecule has 1 saturated carbocycles. The van der Waals surface area contributed by atoms with Crippen LogP contribution in [0.15, 0.2) is 18.5 Å². The third kappa shape index (κ3) is 2.75. The lowest BCUT2D eigenvalue weighted by Crippen LogP contribution is -2.19. The third-order valence-corrected chi connectivity index (χ3v) is 3.40. The Bertz CT molecular complexity index is 280. The van der Waals surface area contributed by atoms with Crippen molar-refractivity contribution in [1.29, 1.82) is 0 Å². The van der Waals surface area contributed by atoms with Gasteiger partial charge in [0.15, 0.2) is 0 Å². The fraction of sp³-hybridized carbons (Fsp3) is 0.667. The molecule has 3 heteroatoms. The van der Waals surface area contributed by atoms with Crippen molar-refractivity contribution < 1.29 is 0 Å². The first-order valence-corrected chi connectivity index (χ1v) is 5.84. The van der Waals surface area contributed by atoms with E-state index in [9.17, 15) is 0 Å². The monoisotopic (exact) mass is 205 g/mol. The van der Waals surface area contributed by atoms with E-state index in [2.05, 4.69) is 21.6 Å². The topological polar surface area (TPSA) is 37.8 Å². The van der Waals surface area contributed by atoms with Gasteiger partial charge in [-0.25, -0.2) is 0 Å². The Labute approximate surface area is 91.3 Å². The molecule has 0 spiro atoms. The first-order chi connectivity index (χ1) is 7.40. The molecule has 0 aromatic carbocycles. The molecule has 1 aromatic heterocycles. The molecule has 15 heavy (non-hydrogen) atoms. The second-order valence-electron chi connectivity index (χ2n) is 4.40. The van der Waals surface area contributed by atoms with Crippen LogP contribution >= 0.6 is 0 Å². The van der Waals surface area contributed by atoms with Crippen molar-refractivity contribution in [2.75, 3.05) is 7.05 Å². The van der Waals surface area contributed by atoms with Crippen LogP contribution in [0.5, 0.6) is 0 Å². The van der Waals surface area contributed by atoms with E-state index >= 15 is 0 Å². The molecular formula is C12H19N3. The summed E-state index contributed by atoms with van der Waals surface area (Å²) in [5.74, 6) is 0.899. The minimum absolute atomic E-state index is 0.448. The van der Waals surface area contributed by atoms with Crippen LogP contribution in [0.2, 0.25) is 0 Å². The molecule has 1 heterocycles. The molecule has 1 aliphatic carbocycles. The van der Waals surface area contributed by atoms with Gasteiger partial charge in [-0.05, 0) is 31.0 Å². The zero-order valence-electron chi connectivity index (χ0n) is 9.32. The molecule has 0 radical (unpaired) electrons. The van der Waals surface area contributed by atoms with E-state index < -0.39 is 0 Å². The third-order valence-electron chi connectivity index (χ3n) is 3.40. The van der Waals surface area contributed by atoms with Crippen LogP contribution < -0.4 is 5.32 Å². The summed E-state index contributed by atoms with van der Waals surface area (Å²) in [6.07, 6.45) is 10.5. The Morgan fingerprint density at radius 3 is 2.80 bits per heavy atom. The van der Waals surface area contributed by atoms with Gasteiger partial charge >= 0.3 is 0 Å². The normalized spacial score (nSPS) is 19.3. The first kappa shape index (κ1) is 10.6. The molecule has 1 unspecified atom stereocenters. The quantitative estimate of drug-likeness (QED) is 0.819. The van der Waals surface area contributed by atoms with Crippen LogP contribution in [-0.4, -0.2) is 17.2 Å². The van der Waals surface area contributed by atoms with E-state index in [1.54, 1.807) is 6.20 Å². The molecule has 1 fully saturated rings. The van der Waals surface area contributed by atoms with Crippen LogP contribution in [0.4, 0.5) is 0 Å². The molecule has 2 rings (SSSR count). The van der Waals surface area contributed by atoms with Crippen molar-refractivity contribution in [2.45, 2.75) is 38.1 Å². The van der Waals surface area contributed by atoms with E-state index in [1.165, 1.54) is 37.7 Å². The van der Waals surface area contributed by atoms with Gasteiger partial charge < -0.3 is 5.32 Å². The first-order valence-electron chi connectivity index (χ1n) is 5.84. The molecule has 0 bridgehead atoms. The van der Waals surface area contributed by atoms with Crippen LogP contribution in [0.1, 0.15) is 43.7 Å². The van der Waals surface area contributed by atoms with Crippen LogP contribution in [0, 0.1) is 5.92 Å². The maximum absolute atomic E-state index is 3.94. The Kier molecular flexibility index (Phi) is 3.67. The van der Waals surface area contributed by atoms with Gasteiger partial charge in [0.2, 0.25) is 0 Å². The number of aromatic nitrogens is 2. The van der Waals surface area contributed by atoms with Crippen LogP contribution in [0.3, 0.4) is 0 Å². The second kappa shape index (κ2) is 5.21. The summed E-state index contributed by atoms with van der Waals surface area (Å²) >= 11 is 0. The largest absolute Gasteiger partial charge is 0.313 e. The highest BCUT2D eigenvalue weighted by Gasteiger charge is 2.20. The minimum atomic E-state index is 0.448. The fourth-order valence-corrected chi connectivity index (χ4v) is 2.51. The van der Waals surface area contributed by atoms with E-state index in [0.717, 1.165) is 5.92 Å². The number of nitrogens with zero attached hydrogens (tertiary/aromatic N) is 2. The van der Waals surface area contributed by atoms with Crippen molar-refractivity contribution in [1.82, 2.24) is 15.5 Å². The van der Waals surface area contributed by atoms with Crippen molar-refractivity contribution in [3.05, 3.63) is 24.0 Å². The Balaban J connectivity index is 1.97. The number of hydrogen-bond acceptors (Lipinski definition) is 3. The summed E-state index contributed by atoms with van der Waals surface area (Å²) in [5, 5.41) is 11.1. The van der Waals surface area contributed by atoms with E-state index in [0.29, 0.717) is 6.04 Å². The van der Waals surface area contributed by atoms with Gasteiger partial charge in [0.05, 0.1) is 6.20 Å². The van der Waals surface area contributed by atoms with Crippen LogP contribution in [-0.2, 0) is 0 Å². The lowest BCUT2D eigenvalue weighted by molar-refractivity contribution is 0.412. The Morgan fingerprint density at radius 1 is 1.40 bits per heavy atom. The minimum Gasteiger partial charge on any atom is -0.313 e. The second-order valence-corrected chi connectivity index (χ2v) is 4.40. The zero-order chi connectivity index (χ0) is 10.5. The number of rotatable bonds is 4. The van der Waals surface area contributed by atoms with E-state index in [1.807, 2.05) is 13.2 Å². The van der Waals surface area contributed by atoms with Gasteiger partial charge in [0.1, 0.15) is 0 Å². The SMILES string of the molecule is CNC(CC1CCCC1)c1ccnnc1. The van der Waals surface area contributed by atoms with Crippen molar-refractivity contribution in [3.63, 3.8) is 0 Å². The molecule has 1 aromatic rings. The maximum atomic E-state index is 3.94. The smallest absolute Gasteiger partial charge is 0.0544 e. The molecule has 3 nitrogen and oxygen atoms in total. The number of nitrogens with one attached hydrogen (secondary N) is 1. The Morgan fingerprint density at radius 2 is 2.20 bits per heavy atom. The van der Waals surface area contributed by atoms with Gasteiger partial charge in [-0.1, -0.05) is 25.7 Å². The predicted molar refractivity (Wildman–Crippen MR) is 60.4 cm³/mol. The maximum Gasteiger partial charge on any atom is 0.0544 e. The molecule has 0 amide bonds. The molecule has 82 valence electrons. The lowest BCUT2D eigenvalue weighted by atomic mass is 9.95. The summed E-state index contributed by atoms with van der Waals surface area (Å²) < 4.78 is 0. The molecule has 1 aliphatic rings. The summed E-state index contributed by atoms with van der Waals surface area (Å²) in [7, 11) is 2.03. The summed E-state index contributed by atoms with van der Waals surface area (Å²) in [5.41, 5.74) is 1.26. The zero-order valence-corrected chi connectivity index (χ0v) is 9.32. The highest BCUT2D eigenvalue weighted by atomic mass is 15.1.